The third-order valence-electron chi connectivity index (χ3n) is 7.91. The van der Waals surface area contributed by atoms with Crippen LogP contribution in [-0.2, 0) is 19.1 Å². The van der Waals surface area contributed by atoms with Crippen molar-refractivity contribution >= 4 is 11.6 Å². The van der Waals surface area contributed by atoms with E-state index in [9.17, 15) is 18.4 Å². The number of likely N-dealkylation sites (N-methyl/N-ethyl adjacent to an activating group) is 1. The van der Waals surface area contributed by atoms with Gasteiger partial charge in [-0.15, -0.1) is 0 Å². The van der Waals surface area contributed by atoms with Gasteiger partial charge >= 0.3 is 12.2 Å². The Morgan fingerprint density at radius 2 is 1.89 bits per heavy atom. The number of hydrogen-bond acceptors (Lipinski definition) is 8. The normalized spacial score (nSPS) is 22.6. The minimum absolute atomic E-state index is 0.0740. The number of likely N-dealkylation sites (tertiary alicyclic amines) is 1. The molecule has 5 heterocycles. The summed E-state index contributed by atoms with van der Waals surface area (Å²) in [6.07, 6.45) is 2.83. The molecule has 2 atom stereocenters. The van der Waals surface area contributed by atoms with Gasteiger partial charge in [-0.3, -0.25) is 0 Å². The van der Waals surface area contributed by atoms with Gasteiger partial charge in [-0.05, 0) is 70.2 Å². The van der Waals surface area contributed by atoms with E-state index >= 15 is 0 Å². The van der Waals surface area contributed by atoms with Crippen LogP contribution in [0.25, 0.3) is 0 Å². The second-order valence-corrected chi connectivity index (χ2v) is 10.6. The highest BCUT2D eigenvalue weighted by Gasteiger charge is 2.37. The zero-order valence-electron chi connectivity index (χ0n) is 21.8. The van der Waals surface area contributed by atoms with Gasteiger partial charge in [-0.25, -0.2) is 4.98 Å². The summed E-state index contributed by atoms with van der Waals surface area (Å²) >= 11 is 0. The summed E-state index contributed by atoms with van der Waals surface area (Å²) in [6, 6.07) is 5.24. The number of alkyl halides is 3. The standard InChI is InChI=1S/C27H34F3N7O/c1-35-13-4-7-20(35)18-38-26-33-23-17-37(25-22(27(28,29)30)9-2-12-32-25)15-5-8-21(23)24(34-26)36-14-3-6-19(16-36)10-11-31/h2,9,12,19-20H,3-8,10,13-18H2,1H3/t19-,20-/m0/s1. The first-order chi connectivity index (χ1) is 18.3. The van der Waals surface area contributed by atoms with Crippen molar-refractivity contribution in [1.29, 1.82) is 5.26 Å². The van der Waals surface area contributed by atoms with E-state index in [-0.39, 0.29) is 30.3 Å². The Labute approximate surface area is 221 Å². The summed E-state index contributed by atoms with van der Waals surface area (Å²) in [5.41, 5.74) is 0.900. The maximum Gasteiger partial charge on any atom is 0.419 e. The second-order valence-electron chi connectivity index (χ2n) is 10.6. The lowest BCUT2D eigenvalue weighted by atomic mass is 9.95. The van der Waals surface area contributed by atoms with E-state index in [1.807, 2.05) is 0 Å². The number of hydrogen-bond donors (Lipinski definition) is 0. The van der Waals surface area contributed by atoms with Gasteiger partial charge in [-0.2, -0.15) is 28.4 Å². The Bertz CT molecular complexity index is 1170. The number of anilines is 2. The monoisotopic (exact) mass is 529 g/mol. The Hall–Kier alpha value is -3.13. The summed E-state index contributed by atoms with van der Waals surface area (Å²) in [5.74, 6) is 0.988. The van der Waals surface area contributed by atoms with E-state index in [0.29, 0.717) is 38.1 Å². The lowest BCUT2D eigenvalue weighted by Gasteiger charge is -2.34. The van der Waals surface area contributed by atoms with Gasteiger partial charge in [0.1, 0.15) is 18.2 Å². The Balaban J connectivity index is 1.49. The number of halogens is 3. The van der Waals surface area contributed by atoms with Crippen LogP contribution < -0.4 is 14.5 Å². The third-order valence-corrected chi connectivity index (χ3v) is 7.91. The van der Waals surface area contributed by atoms with Gasteiger partial charge in [0.25, 0.3) is 0 Å². The molecular formula is C27H34F3N7O. The lowest BCUT2D eigenvalue weighted by Crippen LogP contribution is -2.37. The number of nitrogens with zero attached hydrogens (tertiary/aromatic N) is 7. The molecule has 0 saturated carbocycles. The number of rotatable bonds is 6. The molecule has 5 rings (SSSR count). The average molecular weight is 530 g/mol. The van der Waals surface area contributed by atoms with Gasteiger partial charge in [0.05, 0.1) is 23.9 Å². The van der Waals surface area contributed by atoms with Crippen molar-refractivity contribution < 1.29 is 17.9 Å². The Kier molecular flexibility index (Phi) is 7.88. The molecule has 8 nitrogen and oxygen atoms in total. The molecule has 0 amide bonds. The van der Waals surface area contributed by atoms with Crippen molar-refractivity contribution in [3.8, 4) is 12.1 Å². The van der Waals surface area contributed by atoms with E-state index in [4.69, 9.17) is 14.7 Å². The van der Waals surface area contributed by atoms with Crippen molar-refractivity contribution in [2.75, 3.05) is 49.6 Å². The smallest absolute Gasteiger partial charge is 0.419 e. The van der Waals surface area contributed by atoms with Gasteiger partial charge in [-0.1, -0.05) is 0 Å². The molecule has 0 spiro atoms. The van der Waals surface area contributed by atoms with Crippen LogP contribution in [0.5, 0.6) is 6.01 Å². The van der Waals surface area contributed by atoms with Crippen LogP contribution >= 0.6 is 0 Å². The number of fused-ring (bicyclic) bond motifs is 1. The Morgan fingerprint density at radius 3 is 2.66 bits per heavy atom. The van der Waals surface area contributed by atoms with Crippen LogP contribution in [0.2, 0.25) is 0 Å². The topological polar surface area (TPSA) is 81.4 Å². The van der Waals surface area contributed by atoms with Gasteiger partial charge < -0.3 is 19.4 Å². The fraction of sp³-hybridized carbons (Fsp3) is 0.630. The predicted octanol–water partition coefficient (Wildman–Crippen LogP) is 4.45. The van der Waals surface area contributed by atoms with Gasteiger partial charge in [0.2, 0.25) is 0 Å². The van der Waals surface area contributed by atoms with Crippen molar-refractivity contribution in [2.45, 2.75) is 63.7 Å². The molecule has 0 radical (unpaired) electrons. The van der Waals surface area contributed by atoms with E-state index in [2.05, 4.69) is 27.9 Å². The predicted molar refractivity (Wildman–Crippen MR) is 137 cm³/mol. The molecule has 0 bridgehead atoms. The molecule has 2 aromatic heterocycles. The molecule has 2 saturated heterocycles. The molecular weight excluding hydrogens is 495 g/mol. The summed E-state index contributed by atoms with van der Waals surface area (Å²) in [4.78, 5) is 19.9. The number of aromatic nitrogens is 3. The molecule has 0 aliphatic carbocycles. The summed E-state index contributed by atoms with van der Waals surface area (Å²) < 4.78 is 47.6. The first-order valence-electron chi connectivity index (χ1n) is 13.5. The van der Waals surface area contributed by atoms with Crippen molar-refractivity contribution in [2.24, 2.45) is 5.92 Å². The highest BCUT2D eigenvalue weighted by Crippen LogP contribution is 2.38. The zero-order chi connectivity index (χ0) is 26.7. The van der Waals surface area contributed by atoms with E-state index in [0.717, 1.165) is 62.8 Å². The lowest BCUT2D eigenvalue weighted by molar-refractivity contribution is -0.137. The van der Waals surface area contributed by atoms with Crippen LogP contribution in [0.1, 0.15) is 55.3 Å². The largest absolute Gasteiger partial charge is 0.462 e. The second kappa shape index (κ2) is 11.3. The minimum Gasteiger partial charge on any atom is -0.462 e. The molecule has 2 fully saturated rings. The molecule has 204 valence electrons. The van der Waals surface area contributed by atoms with E-state index in [1.165, 1.54) is 12.3 Å². The third kappa shape index (κ3) is 5.80. The quantitative estimate of drug-likeness (QED) is 0.543. The molecule has 0 N–H and O–H groups in total. The minimum atomic E-state index is -4.50. The highest BCUT2D eigenvalue weighted by atomic mass is 19.4. The van der Waals surface area contributed by atoms with Crippen LogP contribution in [0.3, 0.4) is 0 Å². The number of nitriles is 1. The maximum absolute atomic E-state index is 13.8. The van der Waals surface area contributed by atoms with Crippen molar-refractivity contribution in [3.63, 3.8) is 0 Å². The number of pyridine rings is 1. The zero-order valence-corrected chi connectivity index (χ0v) is 21.8. The fourth-order valence-corrected chi connectivity index (χ4v) is 5.88. The highest BCUT2D eigenvalue weighted by molar-refractivity contribution is 5.55. The van der Waals surface area contributed by atoms with Crippen LogP contribution in [0.15, 0.2) is 18.3 Å². The molecule has 11 heteroatoms. The molecule has 0 unspecified atom stereocenters. The first kappa shape index (κ1) is 26.5. The van der Waals surface area contributed by atoms with Crippen LogP contribution in [-0.4, -0.2) is 65.7 Å². The fourth-order valence-electron chi connectivity index (χ4n) is 5.88. The van der Waals surface area contributed by atoms with Gasteiger partial charge in [0, 0.05) is 43.9 Å². The number of ether oxygens (including phenoxy) is 1. The van der Waals surface area contributed by atoms with E-state index in [1.54, 1.807) is 4.90 Å². The molecule has 2 aromatic rings. The molecule has 3 aliphatic heterocycles. The van der Waals surface area contributed by atoms with Crippen molar-refractivity contribution in [3.05, 3.63) is 35.2 Å². The first-order valence-corrected chi connectivity index (χ1v) is 13.5. The Morgan fingerprint density at radius 1 is 1.08 bits per heavy atom. The SMILES string of the molecule is CN1CCC[C@H]1COc1nc2c(c(N3CCC[C@@H](CC#N)C3)n1)CCCN(c1ncccc1C(F)(F)F)C2. The summed E-state index contributed by atoms with van der Waals surface area (Å²) in [7, 11) is 2.08. The molecule has 0 aromatic carbocycles. The van der Waals surface area contributed by atoms with Crippen molar-refractivity contribution in [1.82, 2.24) is 19.9 Å². The van der Waals surface area contributed by atoms with E-state index < -0.39 is 11.7 Å². The van der Waals surface area contributed by atoms with Crippen LogP contribution in [0.4, 0.5) is 24.8 Å². The summed E-state index contributed by atoms with van der Waals surface area (Å²) in [5, 5.41) is 9.25. The molecule has 38 heavy (non-hydrogen) atoms. The van der Waals surface area contributed by atoms with Gasteiger partial charge in [0.15, 0.2) is 0 Å². The number of piperidine rings is 1. The average Bonchev–Trinajstić information content (AvgIpc) is 3.19. The summed E-state index contributed by atoms with van der Waals surface area (Å²) in [6.45, 7) is 3.66. The maximum atomic E-state index is 13.8. The van der Waals surface area contributed by atoms with Crippen LogP contribution in [0, 0.1) is 17.2 Å². The molecule has 3 aliphatic rings.